The van der Waals surface area contributed by atoms with Gasteiger partial charge in [-0.25, -0.2) is 0 Å². The number of hydrogen-bond donors (Lipinski definition) is 3. The Morgan fingerprint density at radius 2 is 1.95 bits per heavy atom. The molecule has 6 nitrogen and oxygen atoms in total. The zero-order valence-corrected chi connectivity index (χ0v) is 11.4. The Kier molecular flexibility index (Phi) is 3.92. The first-order valence-corrected chi connectivity index (χ1v) is 6.38. The second-order valence-corrected chi connectivity index (χ2v) is 4.95. The number of carbonyl (C=O) groups excluding carboxylic acids is 1. The summed E-state index contributed by atoms with van der Waals surface area (Å²) in [5, 5.41) is 1.58. The lowest BCUT2D eigenvalue weighted by Crippen LogP contribution is -2.21. The number of aromatic amines is 2. The number of anilines is 1. The molecule has 0 spiro atoms. The van der Waals surface area contributed by atoms with Crippen molar-refractivity contribution in [2.45, 2.75) is 6.18 Å². The quantitative estimate of drug-likeness (QED) is 0.781. The van der Waals surface area contributed by atoms with Crippen molar-refractivity contribution in [2.75, 3.05) is 5.32 Å². The highest BCUT2D eigenvalue weighted by atomic mass is 35.5. The van der Waals surface area contributed by atoms with Gasteiger partial charge in [0, 0.05) is 6.20 Å². The van der Waals surface area contributed by atoms with Crippen molar-refractivity contribution in [1.29, 1.82) is 0 Å². The predicted octanol–water partition coefficient (Wildman–Crippen LogP) is 2.05. The summed E-state index contributed by atoms with van der Waals surface area (Å²) in [5.41, 5.74) is -3.36. The topological polar surface area (TPSA) is 94.8 Å². The number of alkyl halides is 3. The fraction of sp³-hybridized carbons (Fsp3) is 0.100. The van der Waals surface area contributed by atoms with Crippen LogP contribution in [-0.2, 0) is 6.18 Å². The third-order valence-electron chi connectivity index (χ3n) is 2.33. The van der Waals surface area contributed by atoms with Crippen LogP contribution in [0.2, 0.25) is 5.02 Å². The average Bonchev–Trinajstić information content (AvgIpc) is 2.71. The molecule has 0 saturated heterocycles. The Hall–Kier alpha value is -2.07. The lowest BCUT2D eigenvalue weighted by molar-refractivity contribution is -0.137. The minimum absolute atomic E-state index is 0.238. The predicted molar refractivity (Wildman–Crippen MR) is 70.0 cm³/mol. The van der Waals surface area contributed by atoms with E-state index in [4.69, 9.17) is 11.6 Å². The molecule has 0 aliphatic heterocycles. The largest absolute Gasteiger partial charge is 0.417 e. The van der Waals surface area contributed by atoms with Gasteiger partial charge in [0.15, 0.2) is 0 Å². The molecule has 2 rings (SSSR count). The number of carbonyl (C=O) groups is 1. The van der Waals surface area contributed by atoms with Gasteiger partial charge in [-0.15, -0.1) is 0 Å². The second kappa shape index (κ2) is 5.37. The number of rotatable bonds is 2. The van der Waals surface area contributed by atoms with Crippen LogP contribution in [0.3, 0.4) is 0 Å². The number of amides is 1. The van der Waals surface area contributed by atoms with Crippen molar-refractivity contribution >= 4 is 34.7 Å². The Morgan fingerprint density at radius 1 is 1.29 bits per heavy atom. The third-order valence-corrected chi connectivity index (χ3v) is 3.68. The Bertz CT molecular complexity index is 808. The van der Waals surface area contributed by atoms with Crippen LogP contribution in [0, 0.1) is 0 Å². The molecule has 112 valence electrons. The summed E-state index contributed by atoms with van der Waals surface area (Å²) in [7, 11) is 0. The van der Waals surface area contributed by atoms with Crippen LogP contribution >= 0.6 is 23.1 Å². The number of H-pyrrole nitrogens is 2. The molecule has 0 fully saturated rings. The van der Waals surface area contributed by atoms with E-state index in [-0.39, 0.29) is 4.88 Å². The van der Waals surface area contributed by atoms with E-state index in [1.165, 1.54) is 0 Å². The van der Waals surface area contributed by atoms with Crippen molar-refractivity contribution in [3.8, 4) is 0 Å². The molecule has 2 aromatic rings. The number of hydrogen-bond acceptors (Lipinski definition) is 4. The summed E-state index contributed by atoms with van der Waals surface area (Å²) < 4.78 is 39.8. The fourth-order valence-electron chi connectivity index (χ4n) is 1.36. The minimum atomic E-state index is -4.68. The molecule has 2 heterocycles. The molecule has 0 unspecified atom stereocenters. The molecule has 3 N–H and O–H groups in total. The van der Waals surface area contributed by atoms with E-state index in [0.717, 1.165) is 0 Å². The van der Waals surface area contributed by atoms with Crippen LogP contribution < -0.4 is 16.4 Å². The molecule has 0 radical (unpaired) electrons. The molecular formula is C10H5ClF3N3O3S. The third kappa shape index (κ3) is 3.16. The summed E-state index contributed by atoms with van der Waals surface area (Å²) in [6.45, 7) is 0. The molecule has 0 bridgehead atoms. The molecule has 2 aromatic heterocycles. The van der Waals surface area contributed by atoms with Crippen molar-refractivity contribution in [2.24, 2.45) is 0 Å². The SMILES string of the molecule is O=C(Nc1cc(C(F)(F)F)c[nH]c1=O)c1s[nH]c(=O)c1Cl. The van der Waals surface area contributed by atoms with Gasteiger partial charge in [0.25, 0.3) is 17.0 Å². The van der Waals surface area contributed by atoms with Crippen LogP contribution in [0.25, 0.3) is 0 Å². The van der Waals surface area contributed by atoms with Gasteiger partial charge in [-0.1, -0.05) is 23.1 Å². The fourth-order valence-corrected chi connectivity index (χ4v) is 2.28. The molecule has 0 aliphatic rings. The Balaban J connectivity index is 2.36. The highest BCUT2D eigenvalue weighted by Crippen LogP contribution is 2.29. The number of halogens is 4. The summed E-state index contributed by atoms with van der Waals surface area (Å²) in [6, 6.07) is 0.486. The lowest BCUT2D eigenvalue weighted by atomic mass is 10.2. The first kappa shape index (κ1) is 15.3. The zero-order chi connectivity index (χ0) is 15.8. The maximum Gasteiger partial charge on any atom is 0.417 e. The number of pyridine rings is 1. The summed E-state index contributed by atoms with van der Waals surface area (Å²) in [4.78, 5) is 35.9. The highest BCUT2D eigenvalue weighted by Gasteiger charge is 2.31. The smallest absolute Gasteiger partial charge is 0.327 e. The minimum Gasteiger partial charge on any atom is -0.327 e. The van der Waals surface area contributed by atoms with Crippen LogP contribution in [-0.4, -0.2) is 15.3 Å². The van der Waals surface area contributed by atoms with E-state index >= 15 is 0 Å². The summed E-state index contributed by atoms with van der Waals surface area (Å²) in [6.07, 6.45) is -4.19. The van der Waals surface area contributed by atoms with Crippen molar-refractivity contribution in [1.82, 2.24) is 9.36 Å². The van der Waals surface area contributed by atoms with Gasteiger partial charge in [0.05, 0.1) is 5.56 Å². The average molecular weight is 340 g/mol. The van der Waals surface area contributed by atoms with Gasteiger partial charge in [-0.05, 0) is 6.07 Å². The molecule has 11 heteroatoms. The van der Waals surface area contributed by atoms with Crippen LogP contribution in [0.15, 0.2) is 21.9 Å². The van der Waals surface area contributed by atoms with E-state index in [1.54, 1.807) is 0 Å². The standard InChI is InChI=1S/C10H5ClF3N3O3S/c11-5-6(21-17-8(5)19)9(20)16-4-1-3(10(12,13)14)2-15-7(4)18/h1-2H,(H,15,18)(H,16,20)(H,17,19). The van der Waals surface area contributed by atoms with E-state index in [1.807, 2.05) is 10.3 Å². The van der Waals surface area contributed by atoms with Gasteiger partial charge in [0.1, 0.15) is 15.6 Å². The molecular weight excluding hydrogens is 335 g/mol. The van der Waals surface area contributed by atoms with Crippen LogP contribution in [0.5, 0.6) is 0 Å². The lowest BCUT2D eigenvalue weighted by Gasteiger charge is -2.08. The molecule has 0 aliphatic carbocycles. The molecule has 0 atom stereocenters. The summed E-state index contributed by atoms with van der Waals surface area (Å²) in [5.74, 6) is -0.965. The van der Waals surface area contributed by atoms with Crippen molar-refractivity contribution in [3.63, 3.8) is 0 Å². The van der Waals surface area contributed by atoms with Gasteiger partial charge in [-0.2, -0.15) is 13.2 Å². The number of aromatic nitrogens is 2. The van der Waals surface area contributed by atoms with Crippen LogP contribution in [0.4, 0.5) is 18.9 Å². The van der Waals surface area contributed by atoms with E-state index in [2.05, 4.69) is 4.37 Å². The highest BCUT2D eigenvalue weighted by molar-refractivity contribution is 7.08. The van der Waals surface area contributed by atoms with E-state index in [9.17, 15) is 27.6 Å². The molecule has 0 saturated carbocycles. The maximum atomic E-state index is 12.5. The van der Waals surface area contributed by atoms with Crippen molar-refractivity contribution in [3.05, 3.63) is 48.4 Å². The van der Waals surface area contributed by atoms with Gasteiger partial charge < -0.3 is 10.3 Å². The van der Waals surface area contributed by atoms with Gasteiger partial charge in [-0.3, -0.25) is 18.8 Å². The van der Waals surface area contributed by atoms with Crippen LogP contribution in [0.1, 0.15) is 15.2 Å². The van der Waals surface area contributed by atoms with E-state index in [0.29, 0.717) is 23.8 Å². The first-order valence-electron chi connectivity index (χ1n) is 5.18. The Morgan fingerprint density at radius 3 is 2.48 bits per heavy atom. The first-order chi connectivity index (χ1) is 9.70. The Labute approximate surface area is 122 Å². The monoisotopic (exact) mass is 339 g/mol. The second-order valence-electron chi connectivity index (χ2n) is 3.76. The number of nitrogens with one attached hydrogen (secondary N) is 3. The molecule has 1 amide bonds. The van der Waals surface area contributed by atoms with Gasteiger partial charge in [0.2, 0.25) is 0 Å². The normalized spacial score (nSPS) is 11.4. The summed E-state index contributed by atoms with van der Waals surface area (Å²) >= 11 is 6.16. The zero-order valence-electron chi connectivity index (χ0n) is 9.80. The van der Waals surface area contributed by atoms with Crippen molar-refractivity contribution < 1.29 is 18.0 Å². The molecule has 0 aromatic carbocycles. The maximum absolute atomic E-state index is 12.5. The van der Waals surface area contributed by atoms with Gasteiger partial charge >= 0.3 is 6.18 Å². The molecule has 21 heavy (non-hydrogen) atoms. The van der Waals surface area contributed by atoms with E-state index < -0.39 is 39.5 Å².